The van der Waals surface area contributed by atoms with E-state index in [9.17, 15) is 0 Å². The molecule has 0 spiro atoms. The van der Waals surface area contributed by atoms with E-state index in [-0.39, 0.29) is 0 Å². The summed E-state index contributed by atoms with van der Waals surface area (Å²) in [6, 6.07) is 16.3. The fraction of sp³-hybridized carbons (Fsp3) is 0.176. The van der Waals surface area contributed by atoms with Crippen molar-refractivity contribution in [3.05, 3.63) is 54.1 Å². The molecule has 0 aromatic heterocycles. The first-order chi connectivity index (χ1) is 8.97. The Balaban J connectivity index is 2.47. The van der Waals surface area contributed by atoms with Crippen molar-refractivity contribution in [2.45, 2.75) is 19.6 Å². The quantitative estimate of drug-likeness (QED) is 0.467. The Kier molecular flexibility index (Phi) is 3.78. The first kappa shape index (κ1) is 13.4. The van der Waals surface area contributed by atoms with Crippen molar-refractivity contribution in [1.82, 2.24) is 0 Å². The molecule has 0 aliphatic rings. The molecule has 0 aliphatic carbocycles. The van der Waals surface area contributed by atoms with E-state index in [1.54, 1.807) is 0 Å². The zero-order valence-corrected chi connectivity index (χ0v) is 12.7. The summed E-state index contributed by atoms with van der Waals surface area (Å²) in [5.41, 5.74) is 13.5. The molecular weight excluding hydrogens is 246 g/mol. The largest absolute Gasteiger partial charge is 0.397 e. The van der Waals surface area contributed by atoms with Gasteiger partial charge in [0, 0.05) is 11.1 Å². The van der Waals surface area contributed by atoms with Crippen LogP contribution in [0.3, 0.4) is 0 Å². The van der Waals surface area contributed by atoms with Gasteiger partial charge in [0.2, 0.25) is 0 Å². The highest BCUT2D eigenvalue weighted by molar-refractivity contribution is 6.83. The Morgan fingerprint density at radius 2 is 1.58 bits per heavy atom. The molecule has 0 saturated carbocycles. The molecule has 1 nitrogen and oxygen atoms in total. The normalized spacial score (nSPS) is 10.7. The highest BCUT2D eigenvalue weighted by atomic mass is 28.3. The van der Waals surface area contributed by atoms with E-state index < -0.39 is 8.07 Å². The minimum atomic E-state index is -1.38. The van der Waals surface area contributed by atoms with E-state index in [1.807, 2.05) is 36.4 Å². The molecule has 0 heterocycles. The summed E-state index contributed by atoms with van der Waals surface area (Å²) in [6.07, 6.45) is 0. The summed E-state index contributed by atoms with van der Waals surface area (Å²) < 4.78 is 0. The minimum absolute atomic E-state index is 0.777. The summed E-state index contributed by atoms with van der Waals surface area (Å²) >= 11 is 0. The van der Waals surface area contributed by atoms with Crippen LogP contribution < -0.4 is 5.73 Å². The standard InChI is InChI=1S/C17H19NSi/c1-19(2,3)13-12-15-10-7-11-16(17(15)18)14-8-5-4-6-9-14/h4-11H,18H2,1-3H3. The summed E-state index contributed by atoms with van der Waals surface area (Å²) in [4.78, 5) is 0. The first-order valence-electron chi connectivity index (χ1n) is 6.44. The molecule has 0 bridgehead atoms. The van der Waals surface area contributed by atoms with E-state index in [2.05, 4.69) is 43.2 Å². The molecule has 2 aromatic rings. The highest BCUT2D eigenvalue weighted by Gasteiger charge is 2.09. The maximum atomic E-state index is 6.26. The summed E-state index contributed by atoms with van der Waals surface area (Å²) in [7, 11) is -1.38. The third kappa shape index (κ3) is 3.49. The van der Waals surface area contributed by atoms with Crippen molar-refractivity contribution in [3.63, 3.8) is 0 Å². The number of benzene rings is 2. The summed E-state index contributed by atoms with van der Waals surface area (Å²) in [5, 5.41) is 0. The average Bonchev–Trinajstić information content (AvgIpc) is 2.37. The van der Waals surface area contributed by atoms with Gasteiger partial charge in [0.05, 0.1) is 5.69 Å². The average molecular weight is 265 g/mol. The summed E-state index contributed by atoms with van der Waals surface area (Å²) in [6.45, 7) is 6.70. The van der Waals surface area contributed by atoms with Gasteiger partial charge in [0.25, 0.3) is 0 Å². The molecule has 0 radical (unpaired) electrons. The van der Waals surface area contributed by atoms with Crippen LogP contribution in [-0.4, -0.2) is 8.07 Å². The predicted molar refractivity (Wildman–Crippen MR) is 86.5 cm³/mol. The van der Waals surface area contributed by atoms with Crippen LogP contribution in [0.2, 0.25) is 19.6 Å². The Bertz CT molecular complexity index is 628. The van der Waals surface area contributed by atoms with E-state index >= 15 is 0 Å². The topological polar surface area (TPSA) is 26.0 Å². The maximum absolute atomic E-state index is 6.26. The highest BCUT2D eigenvalue weighted by Crippen LogP contribution is 2.27. The number of rotatable bonds is 1. The lowest BCUT2D eigenvalue weighted by Gasteiger charge is -2.08. The second-order valence-corrected chi connectivity index (χ2v) is 10.4. The van der Waals surface area contributed by atoms with Crippen LogP contribution in [0.25, 0.3) is 11.1 Å². The van der Waals surface area contributed by atoms with Gasteiger partial charge in [-0.15, -0.1) is 5.54 Å². The van der Waals surface area contributed by atoms with Crippen LogP contribution in [0.5, 0.6) is 0 Å². The van der Waals surface area contributed by atoms with Gasteiger partial charge in [-0.3, -0.25) is 0 Å². The van der Waals surface area contributed by atoms with Gasteiger partial charge in [-0.05, 0) is 11.6 Å². The monoisotopic (exact) mass is 265 g/mol. The van der Waals surface area contributed by atoms with Gasteiger partial charge in [-0.1, -0.05) is 68.0 Å². The van der Waals surface area contributed by atoms with Crippen LogP contribution >= 0.6 is 0 Å². The van der Waals surface area contributed by atoms with Crippen molar-refractivity contribution >= 4 is 13.8 Å². The van der Waals surface area contributed by atoms with Crippen molar-refractivity contribution < 1.29 is 0 Å². The number of anilines is 1. The SMILES string of the molecule is C[Si](C)(C)C#Cc1cccc(-c2ccccc2)c1N. The van der Waals surface area contributed by atoms with Crippen LogP contribution in [0.1, 0.15) is 5.56 Å². The fourth-order valence-corrected chi connectivity index (χ4v) is 2.31. The molecule has 2 N–H and O–H groups in total. The Morgan fingerprint density at radius 1 is 0.895 bits per heavy atom. The lowest BCUT2D eigenvalue weighted by molar-refractivity contribution is 1.58. The number of nitrogens with two attached hydrogens (primary N) is 1. The molecule has 19 heavy (non-hydrogen) atoms. The fourth-order valence-electron chi connectivity index (χ4n) is 1.80. The number of para-hydroxylation sites is 1. The molecule has 0 fully saturated rings. The molecule has 0 amide bonds. The Morgan fingerprint density at radius 3 is 2.21 bits per heavy atom. The smallest absolute Gasteiger partial charge is 0.129 e. The molecule has 0 aliphatic heterocycles. The van der Waals surface area contributed by atoms with Gasteiger partial charge < -0.3 is 5.73 Å². The van der Waals surface area contributed by atoms with E-state index in [0.29, 0.717) is 0 Å². The Hall–Kier alpha value is -1.98. The maximum Gasteiger partial charge on any atom is 0.129 e. The van der Waals surface area contributed by atoms with Crippen molar-refractivity contribution in [2.24, 2.45) is 0 Å². The number of nitrogen functional groups attached to an aromatic ring is 1. The molecule has 0 unspecified atom stereocenters. The van der Waals surface area contributed by atoms with Gasteiger partial charge in [0.1, 0.15) is 8.07 Å². The molecule has 96 valence electrons. The van der Waals surface area contributed by atoms with E-state index in [0.717, 1.165) is 22.4 Å². The molecule has 2 heteroatoms. The zero-order valence-electron chi connectivity index (χ0n) is 11.7. The van der Waals surface area contributed by atoms with Gasteiger partial charge in [-0.25, -0.2) is 0 Å². The van der Waals surface area contributed by atoms with Gasteiger partial charge in [-0.2, -0.15) is 0 Å². The second kappa shape index (κ2) is 5.34. The second-order valence-electron chi connectivity index (χ2n) is 5.63. The van der Waals surface area contributed by atoms with Gasteiger partial charge >= 0.3 is 0 Å². The number of hydrogen-bond acceptors (Lipinski definition) is 1. The van der Waals surface area contributed by atoms with Crippen molar-refractivity contribution in [1.29, 1.82) is 0 Å². The molecule has 2 rings (SSSR count). The lowest BCUT2D eigenvalue weighted by atomic mass is 10.0. The molecule has 0 atom stereocenters. The van der Waals surface area contributed by atoms with Crippen molar-refractivity contribution in [3.8, 4) is 22.6 Å². The van der Waals surface area contributed by atoms with E-state index in [4.69, 9.17) is 5.73 Å². The predicted octanol–water partition coefficient (Wildman–Crippen LogP) is 4.16. The summed E-state index contributed by atoms with van der Waals surface area (Å²) in [5.74, 6) is 3.25. The van der Waals surface area contributed by atoms with Crippen LogP contribution in [0, 0.1) is 11.5 Å². The van der Waals surface area contributed by atoms with Gasteiger partial charge in [0.15, 0.2) is 0 Å². The van der Waals surface area contributed by atoms with Crippen molar-refractivity contribution in [2.75, 3.05) is 5.73 Å². The minimum Gasteiger partial charge on any atom is -0.397 e. The van der Waals surface area contributed by atoms with Crippen LogP contribution in [-0.2, 0) is 0 Å². The molecule has 0 saturated heterocycles. The molecule has 2 aromatic carbocycles. The first-order valence-corrected chi connectivity index (χ1v) is 9.94. The van der Waals surface area contributed by atoms with Crippen LogP contribution in [0.4, 0.5) is 5.69 Å². The Labute approximate surface area is 116 Å². The van der Waals surface area contributed by atoms with E-state index in [1.165, 1.54) is 0 Å². The lowest BCUT2D eigenvalue weighted by Crippen LogP contribution is -2.16. The van der Waals surface area contributed by atoms with Crippen LogP contribution in [0.15, 0.2) is 48.5 Å². The molecular formula is C17H19NSi. The third-order valence-electron chi connectivity index (χ3n) is 2.76. The zero-order chi connectivity index (χ0) is 13.9. The third-order valence-corrected chi connectivity index (χ3v) is 3.64. The number of hydrogen-bond donors (Lipinski definition) is 1.